The first-order valence-corrected chi connectivity index (χ1v) is 12.7. The van der Waals surface area contributed by atoms with Gasteiger partial charge in [-0.15, -0.1) is 0 Å². The molecule has 2 aliphatic heterocycles. The van der Waals surface area contributed by atoms with E-state index in [1.165, 1.54) is 11.1 Å². The first-order chi connectivity index (χ1) is 19.3. The molecular weight excluding hydrogens is 514 g/mol. The SMILES string of the molecule is CCC(=O)O.N#CC(=C1CCN(C(=O)C(=O)c2c[nH]c3c(N4C(=O)CNC4=O)cccc23)CC1)c1ccccc1. The zero-order valence-corrected chi connectivity index (χ0v) is 21.8. The van der Waals surface area contributed by atoms with Crippen molar-refractivity contribution in [1.82, 2.24) is 15.2 Å². The second-order valence-corrected chi connectivity index (χ2v) is 9.11. The fourth-order valence-electron chi connectivity index (χ4n) is 4.62. The third-order valence-corrected chi connectivity index (χ3v) is 6.70. The number of carbonyl (C=O) groups is 5. The van der Waals surface area contributed by atoms with Crippen molar-refractivity contribution in [2.24, 2.45) is 0 Å². The number of hydrogen-bond donors (Lipinski definition) is 3. The number of carboxylic acid groups (broad SMARTS) is 1. The van der Waals surface area contributed by atoms with Crippen LogP contribution in [0.25, 0.3) is 16.5 Å². The number of likely N-dealkylation sites (tertiary alicyclic amines) is 1. The molecule has 0 bridgehead atoms. The van der Waals surface area contributed by atoms with Crippen LogP contribution in [0.5, 0.6) is 0 Å². The number of nitrogens with zero attached hydrogens (tertiary/aromatic N) is 3. The summed E-state index contributed by atoms with van der Waals surface area (Å²) in [5.74, 6) is -2.43. The van der Waals surface area contributed by atoms with Crippen LogP contribution in [0.15, 0.2) is 60.3 Å². The molecule has 2 fully saturated rings. The van der Waals surface area contributed by atoms with Gasteiger partial charge in [-0.2, -0.15) is 5.26 Å². The van der Waals surface area contributed by atoms with Crippen LogP contribution in [0.2, 0.25) is 0 Å². The van der Waals surface area contributed by atoms with Crippen LogP contribution in [-0.2, 0) is 14.4 Å². The number of hydrogen-bond acceptors (Lipinski definition) is 6. The molecule has 2 aromatic carbocycles. The van der Waals surface area contributed by atoms with E-state index in [-0.39, 0.29) is 18.5 Å². The molecule has 0 aliphatic carbocycles. The van der Waals surface area contributed by atoms with E-state index in [1.54, 1.807) is 25.1 Å². The minimum Gasteiger partial charge on any atom is -0.481 e. The number of urea groups is 1. The average molecular weight is 542 g/mol. The van der Waals surface area contributed by atoms with Crippen molar-refractivity contribution < 1.29 is 29.1 Å². The Morgan fingerprint density at radius 3 is 2.27 bits per heavy atom. The molecule has 0 atom stereocenters. The summed E-state index contributed by atoms with van der Waals surface area (Å²) in [6.07, 6.45) is 2.69. The fraction of sp³-hybridized carbons (Fsp3) is 0.241. The number of imide groups is 1. The number of anilines is 1. The molecule has 5 rings (SSSR count). The number of Topliss-reactive ketones (excluding diaryl/α,β-unsaturated/α-hetero) is 1. The van der Waals surface area contributed by atoms with Gasteiger partial charge < -0.3 is 20.3 Å². The summed E-state index contributed by atoms with van der Waals surface area (Å²) < 4.78 is 0. The number of benzene rings is 2. The smallest absolute Gasteiger partial charge is 0.329 e. The number of aliphatic carboxylic acids is 1. The lowest BCUT2D eigenvalue weighted by Crippen LogP contribution is -2.40. The maximum atomic E-state index is 13.1. The van der Waals surface area contributed by atoms with Crippen molar-refractivity contribution in [2.45, 2.75) is 26.2 Å². The van der Waals surface area contributed by atoms with Gasteiger partial charge in [0.25, 0.3) is 17.6 Å². The van der Waals surface area contributed by atoms with Gasteiger partial charge in [0.15, 0.2) is 0 Å². The van der Waals surface area contributed by atoms with Crippen LogP contribution in [0, 0.1) is 11.3 Å². The topological polar surface area (TPSA) is 164 Å². The van der Waals surface area contributed by atoms with E-state index >= 15 is 0 Å². The molecule has 0 saturated carbocycles. The van der Waals surface area contributed by atoms with Gasteiger partial charge in [-0.05, 0) is 30.0 Å². The Kier molecular flexibility index (Phi) is 8.39. The first kappa shape index (κ1) is 27.8. The summed E-state index contributed by atoms with van der Waals surface area (Å²) in [5, 5.41) is 20.3. The Bertz CT molecular complexity index is 1540. The number of allylic oxidation sites excluding steroid dienone is 1. The van der Waals surface area contributed by atoms with Gasteiger partial charge in [-0.3, -0.25) is 19.2 Å². The molecule has 3 N–H and O–H groups in total. The third kappa shape index (κ3) is 5.61. The Labute approximate surface area is 229 Å². The molecule has 0 radical (unpaired) electrons. The lowest BCUT2D eigenvalue weighted by Gasteiger charge is -2.28. The van der Waals surface area contributed by atoms with E-state index in [4.69, 9.17) is 5.11 Å². The van der Waals surface area contributed by atoms with Crippen molar-refractivity contribution in [3.8, 4) is 6.07 Å². The number of ketones is 1. The van der Waals surface area contributed by atoms with E-state index in [1.807, 2.05) is 30.3 Å². The first-order valence-electron chi connectivity index (χ1n) is 12.7. The molecule has 0 unspecified atom stereocenters. The molecule has 3 aromatic rings. The lowest BCUT2D eigenvalue weighted by atomic mass is 9.93. The van der Waals surface area contributed by atoms with Crippen molar-refractivity contribution in [3.63, 3.8) is 0 Å². The molecule has 1 aromatic heterocycles. The number of fused-ring (bicyclic) bond motifs is 1. The molecule has 11 heteroatoms. The average Bonchev–Trinajstić information content (AvgIpc) is 3.56. The quantitative estimate of drug-likeness (QED) is 0.193. The largest absolute Gasteiger partial charge is 0.481 e. The number of amides is 4. The number of nitriles is 1. The highest BCUT2D eigenvalue weighted by Gasteiger charge is 2.33. The van der Waals surface area contributed by atoms with Gasteiger partial charge in [0.1, 0.15) is 0 Å². The van der Waals surface area contributed by atoms with Gasteiger partial charge in [0, 0.05) is 31.1 Å². The minimum absolute atomic E-state index is 0.0939. The minimum atomic E-state index is -0.745. The second kappa shape index (κ2) is 12.1. The monoisotopic (exact) mass is 541 g/mol. The zero-order valence-electron chi connectivity index (χ0n) is 21.8. The zero-order chi connectivity index (χ0) is 28.8. The summed E-state index contributed by atoms with van der Waals surface area (Å²) in [6, 6.07) is 16.1. The molecule has 11 nitrogen and oxygen atoms in total. The van der Waals surface area contributed by atoms with Crippen LogP contribution in [0.4, 0.5) is 10.5 Å². The second-order valence-electron chi connectivity index (χ2n) is 9.11. The number of aromatic nitrogens is 1. The Balaban J connectivity index is 0.000000681. The van der Waals surface area contributed by atoms with E-state index in [2.05, 4.69) is 16.4 Å². The predicted molar refractivity (Wildman–Crippen MR) is 146 cm³/mol. The molecule has 4 amide bonds. The number of aromatic amines is 1. The third-order valence-electron chi connectivity index (χ3n) is 6.70. The van der Waals surface area contributed by atoms with E-state index < -0.39 is 29.6 Å². The van der Waals surface area contributed by atoms with Gasteiger partial charge in [-0.25, -0.2) is 9.69 Å². The number of carboxylic acids is 1. The summed E-state index contributed by atoms with van der Waals surface area (Å²) in [5.41, 5.74) is 3.38. The van der Waals surface area contributed by atoms with Crippen LogP contribution in [-0.4, -0.2) is 64.2 Å². The van der Waals surface area contributed by atoms with Crippen LogP contribution >= 0.6 is 0 Å². The van der Waals surface area contributed by atoms with E-state index in [9.17, 15) is 29.2 Å². The molecule has 2 aliphatic rings. The lowest BCUT2D eigenvalue weighted by molar-refractivity contribution is -0.136. The Morgan fingerprint density at radius 1 is 1.02 bits per heavy atom. The van der Waals surface area contributed by atoms with Crippen LogP contribution in [0.3, 0.4) is 0 Å². The highest BCUT2D eigenvalue weighted by atomic mass is 16.4. The molecular formula is C29H27N5O6. The van der Waals surface area contributed by atoms with Crippen molar-refractivity contribution in [3.05, 3.63) is 71.4 Å². The van der Waals surface area contributed by atoms with Crippen molar-refractivity contribution in [1.29, 1.82) is 5.26 Å². The highest BCUT2D eigenvalue weighted by Crippen LogP contribution is 2.31. The Morgan fingerprint density at radius 2 is 1.70 bits per heavy atom. The number of rotatable bonds is 5. The van der Waals surface area contributed by atoms with Gasteiger partial charge in [-0.1, -0.05) is 49.4 Å². The van der Waals surface area contributed by atoms with E-state index in [0.29, 0.717) is 48.1 Å². The number of nitrogens with one attached hydrogen (secondary N) is 2. The van der Waals surface area contributed by atoms with Crippen LogP contribution < -0.4 is 10.2 Å². The number of H-pyrrole nitrogens is 1. The van der Waals surface area contributed by atoms with Gasteiger partial charge >= 0.3 is 12.0 Å². The number of carbonyl (C=O) groups excluding carboxylic acids is 4. The summed E-state index contributed by atoms with van der Waals surface area (Å²) >= 11 is 0. The maximum Gasteiger partial charge on any atom is 0.329 e. The van der Waals surface area contributed by atoms with E-state index in [0.717, 1.165) is 16.0 Å². The molecule has 2 saturated heterocycles. The summed E-state index contributed by atoms with van der Waals surface area (Å²) in [4.78, 5) is 65.3. The molecule has 40 heavy (non-hydrogen) atoms. The van der Waals surface area contributed by atoms with Gasteiger partial charge in [0.05, 0.1) is 35.0 Å². The van der Waals surface area contributed by atoms with Crippen molar-refractivity contribution >= 4 is 51.8 Å². The summed E-state index contributed by atoms with van der Waals surface area (Å²) in [7, 11) is 0. The standard InChI is InChI=1S/C26H21N5O4.C3H6O2/c27-13-19(16-5-2-1-3-6-16)17-9-11-30(12-10-17)25(34)24(33)20-14-28-23-18(20)7-4-8-21(23)31-22(32)15-29-26(31)35;1-2-3(4)5/h1-8,14,28H,9-12,15H2,(H,29,35);2H2,1H3,(H,4,5). The van der Waals surface area contributed by atoms with Crippen LogP contribution in [0.1, 0.15) is 42.1 Å². The predicted octanol–water partition coefficient (Wildman–Crippen LogP) is 3.49. The van der Waals surface area contributed by atoms with Crippen molar-refractivity contribution in [2.75, 3.05) is 24.5 Å². The molecule has 0 spiro atoms. The number of piperidine rings is 1. The molecule has 204 valence electrons. The van der Waals surface area contributed by atoms with Gasteiger partial charge in [0.2, 0.25) is 0 Å². The highest BCUT2D eigenvalue weighted by molar-refractivity contribution is 6.45. The summed E-state index contributed by atoms with van der Waals surface area (Å²) in [6.45, 7) is 2.19. The maximum absolute atomic E-state index is 13.1. The number of para-hydroxylation sites is 1. The molecule has 3 heterocycles. The Hall–Kier alpha value is -5.24. The fourth-order valence-corrected chi connectivity index (χ4v) is 4.62. The normalized spacial score (nSPS) is 14.8.